The fraction of sp³-hybridized carbons (Fsp3) is 0.933. The van der Waals surface area contributed by atoms with Gasteiger partial charge in [-0.1, -0.05) is 57.2 Å². The van der Waals surface area contributed by atoms with Crippen molar-refractivity contribution in [2.75, 3.05) is 24.6 Å². The Hall–Kier alpha value is 0.550. The molecule has 1 fully saturated rings. The number of hydrogen-bond donors (Lipinski definition) is 0. The summed E-state index contributed by atoms with van der Waals surface area (Å²) in [5.74, 6) is 3.10. The molecule has 19 heavy (non-hydrogen) atoms. The summed E-state index contributed by atoms with van der Waals surface area (Å²) in [5, 5.41) is 0. The first-order chi connectivity index (χ1) is 8.59. The standard InChI is InChI=1S/C15H28INOS/c1-14(2,3)11-19-9-7-13(18)17-8-6-12(10-17)15(4,5)16/h12H,6-11H2,1-5H3. The largest absolute Gasteiger partial charge is 0.342 e. The predicted octanol–water partition coefficient (Wildman–Crippen LogP) is 4.22. The monoisotopic (exact) mass is 397 g/mol. The Morgan fingerprint density at radius 3 is 2.42 bits per heavy atom. The summed E-state index contributed by atoms with van der Waals surface area (Å²) in [7, 11) is 0. The van der Waals surface area contributed by atoms with Crippen LogP contribution in [0, 0.1) is 11.3 Å². The highest BCUT2D eigenvalue weighted by Crippen LogP contribution is 2.34. The highest BCUT2D eigenvalue weighted by Gasteiger charge is 2.34. The third-order valence-electron chi connectivity index (χ3n) is 3.51. The van der Waals surface area contributed by atoms with Gasteiger partial charge in [0.05, 0.1) is 0 Å². The fourth-order valence-corrected chi connectivity index (χ4v) is 3.83. The van der Waals surface area contributed by atoms with Crippen LogP contribution in [0.2, 0.25) is 0 Å². The molecule has 1 saturated heterocycles. The van der Waals surface area contributed by atoms with Crippen molar-refractivity contribution in [1.29, 1.82) is 0 Å². The van der Waals surface area contributed by atoms with Gasteiger partial charge in [0.1, 0.15) is 0 Å². The van der Waals surface area contributed by atoms with Crippen LogP contribution in [0.15, 0.2) is 0 Å². The summed E-state index contributed by atoms with van der Waals surface area (Å²) in [6.07, 6.45) is 1.87. The Morgan fingerprint density at radius 2 is 1.95 bits per heavy atom. The van der Waals surface area contributed by atoms with Gasteiger partial charge in [-0.3, -0.25) is 4.79 Å². The van der Waals surface area contributed by atoms with Crippen molar-refractivity contribution in [3.05, 3.63) is 0 Å². The molecule has 0 bridgehead atoms. The second-order valence-electron chi connectivity index (χ2n) is 7.25. The van der Waals surface area contributed by atoms with Crippen molar-refractivity contribution < 1.29 is 4.79 Å². The number of likely N-dealkylation sites (tertiary alicyclic amines) is 1. The third-order valence-corrected chi connectivity index (χ3v) is 5.95. The maximum Gasteiger partial charge on any atom is 0.223 e. The molecule has 0 aromatic carbocycles. The molecule has 1 heterocycles. The van der Waals surface area contributed by atoms with Gasteiger partial charge >= 0.3 is 0 Å². The number of alkyl halides is 1. The number of halogens is 1. The van der Waals surface area contributed by atoms with E-state index in [2.05, 4.69) is 62.1 Å². The molecule has 112 valence electrons. The van der Waals surface area contributed by atoms with E-state index < -0.39 is 0 Å². The van der Waals surface area contributed by atoms with Crippen LogP contribution in [0.4, 0.5) is 0 Å². The first-order valence-corrected chi connectivity index (χ1v) is 9.37. The fourth-order valence-electron chi connectivity index (χ4n) is 2.24. The van der Waals surface area contributed by atoms with Crippen molar-refractivity contribution in [1.82, 2.24) is 4.90 Å². The first-order valence-electron chi connectivity index (χ1n) is 7.14. The Kier molecular flexibility index (Phi) is 6.49. The van der Waals surface area contributed by atoms with Crippen LogP contribution in [-0.4, -0.2) is 38.8 Å². The number of thioether (sulfide) groups is 1. The molecule has 0 saturated carbocycles. The van der Waals surface area contributed by atoms with Crippen LogP contribution in [0.3, 0.4) is 0 Å². The van der Waals surface area contributed by atoms with E-state index in [4.69, 9.17) is 0 Å². The highest BCUT2D eigenvalue weighted by atomic mass is 127. The quantitative estimate of drug-likeness (QED) is 0.393. The smallest absolute Gasteiger partial charge is 0.223 e. The third kappa shape index (κ3) is 6.69. The Balaban J connectivity index is 2.25. The highest BCUT2D eigenvalue weighted by molar-refractivity contribution is 14.1. The van der Waals surface area contributed by atoms with Crippen molar-refractivity contribution in [2.24, 2.45) is 11.3 Å². The Morgan fingerprint density at radius 1 is 1.32 bits per heavy atom. The lowest BCUT2D eigenvalue weighted by atomic mass is 9.95. The van der Waals surface area contributed by atoms with E-state index in [1.807, 2.05) is 11.8 Å². The summed E-state index contributed by atoms with van der Waals surface area (Å²) in [6, 6.07) is 0. The lowest BCUT2D eigenvalue weighted by Crippen LogP contribution is -2.32. The summed E-state index contributed by atoms with van der Waals surface area (Å²) < 4.78 is 0.299. The molecule has 0 radical (unpaired) electrons. The molecular formula is C15H28INOS. The number of carbonyl (C=O) groups is 1. The van der Waals surface area contributed by atoms with E-state index >= 15 is 0 Å². The minimum atomic E-state index is 0.299. The molecule has 0 aromatic rings. The van der Waals surface area contributed by atoms with E-state index in [-0.39, 0.29) is 0 Å². The van der Waals surface area contributed by atoms with Gasteiger partial charge in [0, 0.05) is 28.7 Å². The number of hydrogen-bond acceptors (Lipinski definition) is 2. The van der Waals surface area contributed by atoms with E-state index in [1.54, 1.807) is 0 Å². The zero-order valence-electron chi connectivity index (χ0n) is 13.0. The molecule has 1 aliphatic heterocycles. The summed E-state index contributed by atoms with van der Waals surface area (Å²) in [4.78, 5) is 14.2. The number of rotatable bonds is 5. The predicted molar refractivity (Wildman–Crippen MR) is 94.2 cm³/mol. The second-order valence-corrected chi connectivity index (χ2v) is 11.1. The second kappa shape index (κ2) is 7.01. The Labute approximate surface area is 136 Å². The summed E-state index contributed by atoms with van der Waals surface area (Å²) in [5.41, 5.74) is 0.359. The van der Waals surface area contributed by atoms with E-state index in [0.29, 0.717) is 27.1 Å². The minimum absolute atomic E-state index is 0.299. The molecule has 1 rings (SSSR count). The van der Waals surface area contributed by atoms with Gasteiger partial charge in [0.2, 0.25) is 5.91 Å². The van der Waals surface area contributed by atoms with Crippen molar-refractivity contribution in [3.8, 4) is 0 Å². The normalized spacial score (nSPS) is 20.9. The lowest BCUT2D eigenvalue weighted by Gasteiger charge is -2.25. The zero-order chi connectivity index (χ0) is 14.7. The molecule has 0 spiro atoms. The molecule has 1 amide bonds. The molecule has 1 unspecified atom stereocenters. The summed E-state index contributed by atoms with van der Waals surface area (Å²) >= 11 is 4.42. The maximum atomic E-state index is 12.2. The first kappa shape index (κ1) is 17.6. The van der Waals surface area contributed by atoms with E-state index in [0.717, 1.165) is 31.0 Å². The Bertz CT molecular complexity index is 306. The van der Waals surface area contributed by atoms with Crippen molar-refractivity contribution >= 4 is 40.3 Å². The van der Waals surface area contributed by atoms with Crippen LogP contribution in [0.25, 0.3) is 0 Å². The molecular weight excluding hydrogens is 369 g/mol. The van der Waals surface area contributed by atoms with Gasteiger partial charge < -0.3 is 4.90 Å². The van der Waals surface area contributed by atoms with Gasteiger partial charge in [0.15, 0.2) is 0 Å². The van der Waals surface area contributed by atoms with Crippen LogP contribution >= 0.6 is 34.4 Å². The molecule has 0 aliphatic carbocycles. The van der Waals surface area contributed by atoms with Crippen molar-refractivity contribution in [2.45, 2.75) is 50.9 Å². The van der Waals surface area contributed by atoms with Gasteiger partial charge in [0.25, 0.3) is 0 Å². The summed E-state index contributed by atoms with van der Waals surface area (Å²) in [6.45, 7) is 13.2. The molecule has 0 N–H and O–H groups in total. The minimum Gasteiger partial charge on any atom is -0.342 e. The number of nitrogens with zero attached hydrogens (tertiary/aromatic N) is 1. The van der Waals surface area contributed by atoms with E-state index in [1.165, 1.54) is 0 Å². The van der Waals surface area contributed by atoms with Crippen LogP contribution in [-0.2, 0) is 4.79 Å². The molecule has 0 aromatic heterocycles. The maximum absolute atomic E-state index is 12.2. The van der Waals surface area contributed by atoms with Crippen molar-refractivity contribution in [3.63, 3.8) is 0 Å². The molecule has 2 nitrogen and oxygen atoms in total. The van der Waals surface area contributed by atoms with Gasteiger partial charge in [-0.25, -0.2) is 0 Å². The molecule has 1 aliphatic rings. The SMILES string of the molecule is CC(C)(C)CSCCC(=O)N1CCC(C(C)(C)I)C1. The average molecular weight is 397 g/mol. The molecule has 4 heteroatoms. The molecule has 1 atom stereocenters. The number of carbonyl (C=O) groups excluding carboxylic acids is 1. The topological polar surface area (TPSA) is 20.3 Å². The van der Waals surface area contributed by atoms with Gasteiger partial charge in [-0.15, -0.1) is 0 Å². The lowest BCUT2D eigenvalue weighted by molar-refractivity contribution is -0.129. The van der Waals surface area contributed by atoms with Crippen LogP contribution < -0.4 is 0 Å². The van der Waals surface area contributed by atoms with Crippen LogP contribution in [0.5, 0.6) is 0 Å². The zero-order valence-corrected chi connectivity index (χ0v) is 15.9. The average Bonchev–Trinajstić information content (AvgIpc) is 2.71. The van der Waals surface area contributed by atoms with Gasteiger partial charge in [-0.2, -0.15) is 11.8 Å². The van der Waals surface area contributed by atoms with Gasteiger partial charge in [-0.05, 0) is 23.5 Å². The number of amides is 1. The van der Waals surface area contributed by atoms with Crippen LogP contribution in [0.1, 0.15) is 47.5 Å². The van der Waals surface area contributed by atoms with E-state index in [9.17, 15) is 4.79 Å².